The lowest BCUT2D eigenvalue weighted by molar-refractivity contribution is 0.431. The van der Waals surface area contributed by atoms with Crippen LogP contribution in [0.1, 0.15) is 17.0 Å². The van der Waals surface area contributed by atoms with E-state index in [1.165, 1.54) is 11.8 Å². The van der Waals surface area contributed by atoms with Crippen molar-refractivity contribution >= 4 is 33.5 Å². The smallest absolute Gasteiger partial charge is 0.261 e. The molecule has 0 aliphatic carbocycles. The van der Waals surface area contributed by atoms with Gasteiger partial charge in [0.15, 0.2) is 0 Å². The van der Waals surface area contributed by atoms with Crippen LogP contribution >= 0.6 is 27.7 Å². The van der Waals surface area contributed by atoms with Gasteiger partial charge in [0.05, 0.1) is 5.69 Å². The van der Waals surface area contributed by atoms with E-state index in [4.69, 9.17) is 15.6 Å². The average Bonchev–Trinajstić information content (AvgIpc) is 2.61. The standard InChI is InChI=1S/C12H12BrN3OS/c1-6-7(2)17-12(16-6)18-10-4-3-8(11(14)15)5-9(10)13/h3-5H,1-2H3,(H3,14,15). The first-order valence-corrected chi connectivity index (χ1v) is 6.84. The van der Waals surface area contributed by atoms with E-state index in [1.807, 2.05) is 26.0 Å². The number of nitrogen functional groups attached to an aromatic ring is 1. The van der Waals surface area contributed by atoms with E-state index in [-0.39, 0.29) is 5.84 Å². The Morgan fingerprint density at radius 1 is 1.44 bits per heavy atom. The molecule has 0 unspecified atom stereocenters. The molecule has 0 amide bonds. The van der Waals surface area contributed by atoms with Crippen LogP contribution in [-0.2, 0) is 0 Å². The molecule has 3 N–H and O–H groups in total. The highest BCUT2D eigenvalue weighted by atomic mass is 79.9. The van der Waals surface area contributed by atoms with E-state index < -0.39 is 0 Å². The maximum Gasteiger partial charge on any atom is 0.261 e. The molecular weight excluding hydrogens is 314 g/mol. The summed E-state index contributed by atoms with van der Waals surface area (Å²) < 4.78 is 6.38. The fourth-order valence-electron chi connectivity index (χ4n) is 1.33. The minimum absolute atomic E-state index is 0.0510. The van der Waals surface area contributed by atoms with Gasteiger partial charge in [0.2, 0.25) is 0 Å². The molecular formula is C12H12BrN3OS. The van der Waals surface area contributed by atoms with Gasteiger partial charge < -0.3 is 10.2 Å². The highest BCUT2D eigenvalue weighted by molar-refractivity contribution is 9.10. The minimum atomic E-state index is 0.0510. The van der Waals surface area contributed by atoms with E-state index in [9.17, 15) is 0 Å². The Bertz CT molecular complexity index is 590. The average molecular weight is 326 g/mol. The molecule has 0 radical (unpaired) electrons. The van der Waals surface area contributed by atoms with Gasteiger partial charge in [-0.2, -0.15) is 0 Å². The fraction of sp³-hybridized carbons (Fsp3) is 0.167. The van der Waals surface area contributed by atoms with Crippen molar-refractivity contribution in [2.24, 2.45) is 5.73 Å². The molecule has 6 heteroatoms. The summed E-state index contributed by atoms with van der Waals surface area (Å²) in [6.45, 7) is 3.80. The number of rotatable bonds is 3. The summed E-state index contributed by atoms with van der Waals surface area (Å²) in [5.41, 5.74) is 7.02. The monoisotopic (exact) mass is 325 g/mol. The van der Waals surface area contributed by atoms with Crippen LogP contribution in [0.15, 0.2) is 37.2 Å². The molecule has 0 aliphatic heterocycles. The van der Waals surface area contributed by atoms with E-state index in [0.717, 1.165) is 20.8 Å². The zero-order valence-electron chi connectivity index (χ0n) is 9.95. The second kappa shape index (κ2) is 5.16. The van der Waals surface area contributed by atoms with Gasteiger partial charge in [0, 0.05) is 14.9 Å². The second-order valence-corrected chi connectivity index (χ2v) is 5.63. The fourth-order valence-corrected chi connectivity index (χ4v) is 2.78. The number of oxazole rings is 1. The molecule has 18 heavy (non-hydrogen) atoms. The number of aryl methyl sites for hydroxylation is 2. The Labute approximate surface area is 118 Å². The van der Waals surface area contributed by atoms with Crippen LogP contribution in [-0.4, -0.2) is 10.8 Å². The zero-order chi connectivity index (χ0) is 13.3. The van der Waals surface area contributed by atoms with Gasteiger partial charge in [-0.1, -0.05) is 6.07 Å². The maximum atomic E-state index is 7.37. The highest BCUT2D eigenvalue weighted by Crippen LogP contribution is 2.34. The number of nitrogens with one attached hydrogen (secondary N) is 1. The number of amidine groups is 1. The summed E-state index contributed by atoms with van der Waals surface area (Å²) in [4.78, 5) is 5.29. The van der Waals surface area contributed by atoms with Crippen molar-refractivity contribution in [1.29, 1.82) is 5.41 Å². The number of halogens is 1. The predicted octanol–water partition coefficient (Wildman–Crippen LogP) is 3.49. The van der Waals surface area contributed by atoms with Crippen molar-refractivity contribution in [3.63, 3.8) is 0 Å². The summed E-state index contributed by atoms with van der Waals surface area (Å²) in [5, 5.41) is 7.99. The van der Waals surface area contributed by atoms with E-state index >= 15 is 0 Å². The topological polar surface area (TPSA) is 75.9 Å². The zero-order valence-corrected chi connectivity index (χ0v) is 12.4. The van der Waals surface area contributed by atoms with Crippen molar-refractivity contribution in [2.75, 3.05) is 0 Å². The quantitative estimate of drug-likeness (QED) is 0.669. The van der Waals surface area contributed by atoms with Crippen molar-refractivity contribution in [3.05, 3.63) is 39.7 Å². The minimum Gasteiger partial charge on any atom is -0.436 e. The van der Waals surface area contributed by atoms with Gasteiger partial charge in [-0.15, -0.1) is 0 Å². The molecule has 2 rings (SSSR count). The SMILES string of the molecule is Cc1nc(Sc2ccc(C(=N)N)cc2Br)oc1C. The third kappa shape index (κ3) is 2.76. The second-order valence-electron chi connectivity index (χ2n) is 3.78. The Morgan fingerprint density at radius 2 is 2.17 bits per heavy atom. The van der Waals surface area contributed by atoms with Gasteiger partial charge >= 0.3 is 0 Å². The normalized spacial score (nSPS) is 10.6. The van der Waals surface area contributed by atoms with Gasteiger partial charge in [-0.05, 0) is 53.7 Å². The van der Waals surface area contributed by atoms with Crippen molar-refractivity contribution in [3.8, 4) is 0 Å². The Balaban J connectivity index is 2.27. The van der Waals surface area contributed by atoms with Gasteiger partial charge in [0.1, 0.15) is 11.6 Å². The third-order valence-corrected chi connectivity index (χ3v) is 4.29. The molecule has 94 valence electrons. The van der Waals surface area contributed by atoms with Crippen molar-refractivity contribution < 1.29 is 4.42 Å². The van der Waals surface area contributed by atoms with Gasteiger partial charge in [0.25, 0.3) is 5.22 Å². The first-order valence-electron chi connectivity index (χ1n) is 5.23. The molecule has 0 spiro atoms. The van der Waals surface area contributed by atoms with Crippen molar-refractivity contribution in [1.82, 2.24) is 4.98 Å². The Kier molecular flexibility index (Phi) is 3.77. The molecule has 0 fully saturated rings. The summed E-state index contributed by atoms with van der Waals surface area (Å²) in [7, 11) is 0. The predicted molar refractivity (Wildman–Crippen MR) is 75.3 cm³/mol. The van der Waals surface area contributed by atoms with Gasteiger partial charge in [-0.25, -0.2) is 4.98 Å². The maximum absolute atomic E-state index is 7.37. The largest absolute Gasteiger partial charge is 0.436 e. The van der Waals surface area contributed by atoms with Crippen molar-refractivity contribution in [2.45, 2.75) is 24.0 Å². The molecule has 0 saturated heterocycles. The molecule has 2 aromatic rings. The van der Waals surface area contributed by atoms with E-state index in [2.05, 4.69) is 20.9 Å². The summed E-state index contributed by atoms with van der Waals surface area (Å²) in [6, 6.07) is 5.51. The number of nitrogens with zero attached hydrogens (tertiary/aromatic N) is 1. The molecule has 0 bridgehead atoms. The molecule has 0 saturated carbocycles. The highest BCUT2D eigenvalue weighted by Gasteiger charge is 2.10. The number of benzene rings is 1. The number of nitrogens with two attached hydrogens (primary N) is 1. The summed E-state index contributed by atoms with van der Waals surface area (Å²) in [5.74, 6) is 0.879. The van der Waals surface area contributed by atoms with Crippen LogP contribution in [0, 0.1) is 19.3 Å². The van der Waals surface area contributed by atoms with E-state index in [1.54, 1.807) is 6.07 Å². The van der Waals surface area contributed by atoms with Gasteiger partial charge in [-0.3, -0.25) is 5.41 Å². The summed E-state index contributed by atoms with van der Waals surface area (Å²) in [6.07, 6.45) is 0. The Morgan fingerprint density at radius 3 is 2.67 bits per heavy atom. The Hall–Kier alpha value is -1.27. The lowest BCUT2D eigenvalue weighted by atomic mass is 10.2. The van der Waals surface area contributed by atoms with Crippen LogP contribution in [0.25, 0.3) is 0 Å². The molecule has 1 aromatic heterocycles. The first kappa shape index (κ1) is 13.2. The molecule has 1 aromatic carbocycles. The number of hydrogen-bond acceptors (Lipinski definition) is 4. The summed E-state index contributed by atoms with van der Waals surface area (Å²) >= 11 is 4.89. The van der Waals surface area contributed by atoms with Crippen LogP contribution in [0.2, 0.25) is 0 Å². The molecule has 0 atom stereocenters. The lowest BCUT2D eigenvalue weighted by Crippen LogP contribution is -2.10. The number of aromatic nitrogens is 1. The first-order chi connectivity index (χ1) is 8.47. The molecule has 1 heterocycles. The lowest BCUT2D eigenvalue weighted by Gasteiger charge is -2.04. The molecule has 4 nitrogen and oxygen atoms in total. The number of hydrogen-bond donors (Lipinski definition) is 2. The van der Waals surface area contributed by atoms with Crippen LogP contribution < -0.4 is 5.73 Å². The van der Waals surface area contributed by atoms with Crippen LogP contribution in [0.4, 0.5) is 0 Å². The van der Waals surface area contributed by atoms with E-state index in [0.29, 0.717) is 10.8 Å². The molecule has 0 aliphatic rings. The van der Waals surface area contributed by atoms with Crippen LogP contribution in [0.5, 0.6) is 0 Å². The third-order valence-electron chi connectivity index (χ3n) is 2.45. The van der Waals surface area contributed by atoms with Crippen LogP contribution in [0.3, 0.4) is 0 Å².